The summed E-state index contributed by atoms with van der Waals surface area (Å²) in [5, 5.41) is 9.76. The summed E-state index contributed by atoms with van der Waals surface area (Å²) in [7, 11) is 5.45. The second kappa shape index (κ2) is 8.01. The van der Waals surface area contributed by atoms with E-state index >= 15 is 4.39 Å². The Morgan fingerprint density at radius 2 is 1.89 bits per heavy atom. The zero-order chi connectivity index (χ0) is 24.4. The fourth-order valence-corrected chi connectivity index (χ4v) is 5.48. The number of likely N-dealkylation sites (N-methyl/N-ethyl adjacent to an activating group) is 1. The number of hydrogen-bond acceptors (Lipinski definition) is 5. The van der Waals surface area contributed by atoms with Crippen molar-refractivity contribution in [1.82, 2.24) is 34.0 Å². The average molecular weight is 478 g/mol. The largest absolute Gasteiger partial charge is 0.381 e. The van der Waals surface area contributed by atoms with Crippen LogP contribution in [-0.4, -0.2) is 60.2 Å². The van der Waals surface area contributed by atoms with Gasteiger partial charge < -0.3 is 14.2 Å². The van der Waals surface area contributed by atoms with Crippen LogP contribution in [0.4, 0.5) is 4.39 Å². The number of halogens is 1. The third-order valence-electron chi connectivity index (χ3n) is 7.30. The number of benzene rings is 1. The first kappa shape index (κ1) is 22.0. The minimum absolute atomic E-state index is 0.0387. The van der Waals surface area contributed by atoms with Gasteiger partial charge in [-0.3, -0.25) is 14.2 Å². The van der Waals surface area contributed by atoms with E-state index in [1.54, 1.807) is 27.5 Å². The summed E-state index contributed by atoms with van der Waals surface area (Å²) in [6.45, 7) is 3.61. The maximum absolute atomic E-state index is 15.7. The Morgan fingerprint density at radius 1 is 1.11 bits per heavy atom. The summed E-state index contributed by atoms with van der Waals surface area (Å²) >= 11 is 0. The molecule has 1 saturated heterocycles. The number of carbonyl (C=O) groups is 1. The molecule has 0 unspecified atom stereocenters. The number of amides is 1. The summed E-state index contributed by atoms with van der Waals surface area (Å²) in [6.07, 6.45) is 5.33. The van der Waals surface area contributed by atoms with Crippen molar-refractivity contribution in [3.63, 3.8) is 0 Å². The molecule has 9 nitrogen and oxygen atoms in total. The van der Waals surface area contributed by atoms with Gasteiger partial charge in [-0.05, 0) is 25.8 Å². The number of hydrogen-bond donors (Lipinski definition) is 0. The summed E-state index contributed by atoms with van der Waals surface area (Å²) in [6, 6.07) is 2.98. The van der Waals surface area contributed by atoms with Gasteiger partial charge in [-0.25, -0.2) is 9.37 Å². The Labute approximate surface area is 202 Å². The number of aryl methyl sites for hydroxylation is 2. The lowest BCUT2D eigenvalue weighted by atomic mass is 9.98. The molecule has 0 saturated carbocycles. The topological polar surface area (TPSA) is 83.0 Å². The number of imidazole rings is 1. The second-order valence-electron chi connectivity index (χ2n) is 9.62. The van der Waals surface area contributed by atoms with Crippen molar-refractivity contribution in [3.05, 3.63) is 41.9 Å². The van der Waals surface area contributed by atoms with Crippen LogP contribution in [0.25, 0.3) is 33.4 Å². The van der Waals surface area contributed by atoms with Crippen molar-refractivity contribution < 1.29 is 13.9 Å². The molecule has 10 heteroatoms. The summed E-state index contributed by atoms with van der Waals surface area (Å²) in [5.74, 6) is 0.707. The van der Waals surface area contributed by atoms with E-state index in [4.69, 9.17) is 9.72 Å². The molecule has 1 amide bonds. The average Bonchev–Trinajstić information content (AvgIpc) is 3.53. The molecule has 6 rings (SSSR count). The third-order valence-corrected chi connectivity index (χ3v) is 7.30. The third kappa shape index (κ3) is 3.38. The molecule has 1 aromatic carbocycles. The number of fused-ring (bicyclic) bond motifs is 2. The number of nitrogens with zero attached hydrogens (tertiary/aromatic N) is 7. The van der Waals surface area contributed by atoms with Crippen molar-refractivity contribution in [2.24, 2.45) is 14.1 Å². The Balaban J connectivity index is 1.57. The lowest BCUT2D eigenvalue weighted by molar-refractivity contribution is -0.135. The molecule has 4 aromatic rings. The molecule has 2 aliphatic heterocycles. The molecular weight excluding hydrogens is 449 g/mol. The van der Waals surface area contributed by atoms with E-state index in [1.807, 2.05) is 37.8 Å². The second-order valence-corrected chi connectivity index (χ2v) is 9.62. The Hall–Kier alpha value is -3.53. The minimum Gasteiger partial charge on any atom is -0.381 e. The van der Waals surface area contributed by atoms with E-state index in [-0.39, 0.29) is 23.7 Å². The normalized spacial score (nSPS) is 19.1. The molecule has 1 fully saturated rings. The molecule has 0 radical (unpaired) electrons. The van der Waals surface area contributed by atoms with Gasteiger partial charge in [0.1, 0.15) is 23.4 Å². The summed E-state index contributed by atoms with van der Waals surface area (Å²) in [5.41, 5.74) is 4.19. The molecule has 0 N–H and O–H groups in total. The highest BCUT2D eigenvalue weighted by molar-refractivity contribution is 5.96. The van der Waals surface area contributed by atoms with E-state index in [1.165, 1.54) is 6.07 Å². The van der Waals surface area contributed by atoms with Crippen LogP contribution in [0.1, 0.15) is 43.2 Å². The number of aromatic nitrogens is 6. The lowest BCUT2D eigenvalue weighted by Crippen LogP contribution is -2.40. The Kier molecular flexibility index (Phi) is 5.03. The molecule has 0 aliphatic carbocycles. The smallest absolute Gasteiger partial charge is 0.245 e. The first-order valence-corrected chi connectivity index (χ1v) is 11.9. The standard InChI is InChI=1S/C25H28FN7O2/c1-14-25(34)30(2)13-21-23(28-24(33(14)21)15-5-7-35-8-6-15)17-9-18-20(10-19(17)26)32(4)29-22(18)16-11-27-31(3)12-16/h9-12,14-15H,5-8,13H2,1-4H3/t14-/m1/s1. The van der Waals surface area contributed by atoms with Gasteiger partial charge in [-0.2, -0.15) is 10.2 Å². The van der Waals surface area contributed by atoms with Crippen molar-refractivity contribution >= 4 is 16.8 Å². The molecule has 35 heavy (non-hydrogen) atoms. The van der Waals surface area contributed by atoms with Crippen molar-refractivity contribution in [3.8, 4) is 22.5 Å². The molecule has 0 spiro atoms. The van der Waals surface area contributed by atoms with Crippen LogP contribution in [0.2, 0.25) is 0 Å². The van der Waals surface area contributed by atoms with E-state index < -0.39 is 0 Å². The Bertz CT molecular complexity index is 1460. The van der Waals surface area contributed by atoms with Crippen molar-refractivity contribution in [2.45, 2.75) is 38.3 Å². The van der Waals surface area contributed by atoms with Gasteiger partial charge >= 0.3 is 0 Å². The van der Waals surface area contributed by atoms with E-state index in [2.05, 4.69) is 10.2 Å². The highest BCUT2D eigenvalue weighted by Crippen LogP contribution is 2.40. The molecule has 182 valence electrons. The van der Waals surface area contributed by atoms with Crippen LogP contribution >= 0.6 is 0 Å². The molecule has 1 atom stereocenters. The van der Waals surface area contributed by atoms with Gasteiger partial charge in [0, 0.05) is 69.1 Å². The van der Waals surface area contributed by atoms with Crippen molar-refractivity contribution in [2.75, 3.05) is 20.3 Å². The lowest BCUT2D eigenvalue weighted by Gasteiger charge is -2.32. The van der Waals surface area contributed by atoms with Crippen LogP contribution in [-0.2, 0) is 30.2 Å². The monoisotopic (exact) mass is 477 g/mol. The molecular formula is C25H28FN7O2. The maximum Gasteiger partial charge on any atom is 0.245 e. The van der Waals surface area contributed by atoms with E-state index in [0.29, 0.717) is 36.5 Å². The van der Waals surface area contributed by atoms with Crippen LogP contribution in [0.5, 0.6) is 0 Å². The van der Waals surface area contributed by atoms with Gasteiger partial charge in [0.2, 0.25) is 5.91 Å². The quantitative estimate of drug-likeness (QED) is 0.452. The van der Waals surface area contributed by atoms with Gasteiger partial charge in [0.05, 0.1) is 29.6 Å². The molecule has 5 heterocycles. The van der Waals surface area contributed by atoms with Gasteiger partial charge in [0.15, 0.2) is 0 Å². The predicted octanol–water partition coefficient (Wildman–Crippen LogP) is 3.40. The number of rotatable bonds is 3. The van der Waals surface area contributed by atoms with Gasteiger partial charge in [0.25, 0.3) is 0 Å². The Morgan fingerprint density at radius 3 is 2.60 bits per heavy atom. The molecule has 3 aromatic heterocycles. The molecule has 2 aliphatic rings. The first-order valence-electron chi connectivity index (χ1n) is 11.9. The fraction of sp³-hybridized carbons (Fsp3) is 0.440. The van der Waals surface area contributed by atoms with Crippen LogP contribution in [0.3, 0.4) is 0 Å². The highest BCUT2D eigenvalue weighted by Gasteiger charge is 2.36. The summed E-state index contributed by atoms with van der Waals surface area (Å²) < 4.78 is 26.7. The van der Waals surface area contributed by atoms with Crippen LogP contribution in [0.15, 0.2) is 24.5 Å². The van der Waals surface area contributed by atoms with Crippen molar-refractivity contribution in [1.29, 1.82) is 0 Å². The zero-order valence-corrected chi connectivity index (χ0v) is 20.3. The van der Waals surface area contributed by atoms with Gasteiger partial charge in [-0.1, -0.05) is 0 Å². The maximum atomic E-state index is 15.7. The predicted molar refractivity (Wildman–Crippen MR) is 128 cm³/mol. The summed E-state index contributed by atoms with van der Waals surface area (Å²) in [4.78, 5) is 19.6. The number of ether oxygens (including phenoxy) is 1. The van der Waals surface area contributed by atoms with E-state index in [9.17, 15) is 4.79 Å². The minimum atomic E-state index is -0.390. The highest BCUT2D eigenvalue weighted by atomic mass is 19.1. The first-order chi connectivity index (χ1) is 16.8. The SMILES string of the molecule is C[C@@H]1C(=O)N(C)Cc2c(-c3cc4c(-c5cnn(C)c5)nn(C)c4cc3F)nc(C3CCOCC3)n21. The van der Waals surface area contributed by atoms with Crippen LogP contribution in [0, 0.1) is 5.82 Å². The fourth-order valence-electron chi connectivity index (χ4n) is 5.48. The van der Waals surface area contributed by atoms with Gasteiger partial charge in [-0.15, -0.1) is 0 Å². The zero-order valence-electron chi connectivity index (χ0n) is 20.3. The molecule has 0 bridgehead atoms. The number of carbonyl (C=O) groups excluding carboxylic acids is 1. The van der Waals surface area contributed by atoms with E-state index in [0.717, 1.165) is 41.0 Å². The van der Waals surface area contributed by atoms with Crippen LogP contribution < -0.4 is 0 Å².